The Kier molecular flexibility index (Phi) is 4.94. The van der Waals surface area contributed by atoms with Crippen LogP contribution in [0.1, 0.15) is 0 Å². The molecule has 144 valence electrons. The van der Waals surface area contributed by atoms with Gasteiger partial charge in [-0.15, -0.1) is 10.2 Å². The van der Waals surface area contributed by atoms with E-state index in [-0.39, 0.29) is 22.0 Å². The van der Waals surface area contributed by atoms with Crippen molar-refractivity contribution in [1.29, 1.82) is 0 Å². The lowest BCUT2D eigenvalue weighted by Gasteiger charge is -2.09. The fraction of sp³-hybridized carbons (Fsp3) is 0.0588. The number of hydrogen-bond acceptors (Lipinski definition) is 8. The van der Waals surface area contributed by atoms with Gasteiger partial charge in [-0.25, -0.2) is 13.6 Å². The topological polar surface area (TPSA) is 160 Å². The molecule has 3 aromatic rings. The average Bonchev–Trinajstić information content (AvgIpc) is 2.65. The quantitative estimate of drug-likeness (QED) is 0.336. The number of fused-ring (bicyclic) bond motifs is 1. The second-order valence-corrected chi connectivity index (χ2v) is 7.33. The van der Waals surface area contributed by atoms with Gasteiger partial charge >= 0.3 is 0 Å². The van der Waals surface area contributed by atoms with Crippen LogP contribution in [0, 0.1) is 10.1 Å². The summed E-state index contributed by atoms with van der Waals surface area (Å²) in [7, 11) is -2.17. The van der Waals surface area contributed by atoms with Crippen molar-refractivity contribution in [3.8, 4) is 5.75 Å². The number of hydrogen-bond donors (Lipinski definition) is 3. The summed E-state index contributed by atoms with van der Waals surface area (Å²) >= 11 is 0. The highest BCUT2D eigenvalue weighted by atomic mass is 32.2. The molecule has 0 radical (unpaired) electrons. The predicted octanol–water partition coefficient (Wildman–Crippen LogP) is 3.56. The summed E-state index contributed by atoms with van der Waals surface area (Å²) < 4.78 is 23.1. The number of aromatic hydroxyl groups is 1. The van der Waals surface area contributed by atoms with E-state index >= 15 is 0 Å². The van der Waals surface area contributed by atoms with Gasteiger partial charge in [-0.1, -0.05) is 12.1 Å². The minimum absolute atomic E-state index is 0.0342. The summed E-state index contributed by atoms with van der Waals surface area (Å²) in [6, 6.07) is 11.2. The number of nitrogens with two attached hydrogens (primary N) is 1. The Hall–Kier alpha value is -3.57. The Balaban J connectivity index is 2.11. The SMILES string of the molecule is CNc1ccc2cc(S(N)(=O)=O)ccc2c1N=Nc1ccc([N+](=O)[O-])cc1O. The van der Waals surface area contributed by atoms with E-state index in [1.165, 1.54) is 24.3 Å². The van der Waals surface area contributed by atoms with E-state index in [2.05, 4.69) is 15.5 Å². The smallest absolute Gasteiger partial charge is 0.273 e. The van der Waals surface area contributed by atoms with Crippen molar-refractivity contribution >= 4 is 43.5 Å². The molecule has 0 unspecified atom stereocenters. The zero-order chi connectivity index (χ0) is 20.5. The molecule has 0 aliphatic rings. The molecule has 0 saturated heterocycles. The van der Waals surface area contributed by atoms with E-state index in [1.807, 2.05) is 0 Å². The maximum absolute atomic E-state index is 11.6. The predicted molar refractivity (Wildman–Crippen MR) is 104 cm³/mol. The lowest BCUT2D eigenvalue weighted by molar-refractivity contribution is -0.384. The number of nitro benzene ring substituents is 1. The van der Waals surface area contributed by atoms with Crippen molar-refractivity contribution in [2.24, 2.45) is 15.4 Å². The number of sulfonamides is 1. The molecule has 0 heterocycles. The van der Waals surface area contributed by atoms with Crippen molar-refractivity contribution < 1.29 is 18.4 Å². The summed E-state index contributed by atoms with van der Waals surface area (Å²) in [5.74, 6) is -0.388. The number of non-ortho nitro benzene ring substituents is 1. The van der Waals surface area contributed by atoms with Gasteiger partial charge in [-0.3, -0.25) is 10.1 Å². The highest BCUT2D eigenvalue weighted by Gasteiger charge is 2.13. The summed E-state index contributed by atoms with van der Waals surface area (Å²) in [4.78, 5) is 10.1. The number of anilines is 1. The first-order valence-electron chi connectivity index (χ1n) is 7.87. The number of phenols is 1. The van der Waals surface area contributed by atoms with Gasteiger partial charge in [0.25, 0.3) is 5.69 Å². The van der Waals surface area contributed by atoms with E-state index in [0.717, 1.165) is 6.07 Å². The van der Waals surface area contributed by atoms with Crippen LogP contribution in [0.3, 0.4) is 0 Å². The van der Waals surface area contributed by atoms with Gasteiger partial charge in [0.05, 0.1) is 21.6 Å². The van der Waals surface area contributed by atoms with Gasteiger partial charge in [-0.05, 0) is 29.7 Å². The van der Waals surface area contributed by atoms with Gasteiger partial charge in [0.1, 0.15) is 17.1 Å². The van der Waals surface area contributed by atoms with Crippen LogP contribution in [0.15, 0.2) is 63.7 Å². The summed E-state index contributed by atoms with van der Waals surface area (Å²) in [5.41, 5.74) is 0.790. The largest absolute Gasteiger partial charge is 0.505 e. The summed E-state index contributed by atoms with van der Waals surface area (Å²) in [5, 5.41) is 38.1. The standard InChI is InChI=1S/C17H15N5O5S/c1-19-15-6-2-10-8-12(28(18,26)27)4-5-13(10)17(15)21-20-14-7-3-11(22(24)25)9-16(14)23/h2-9,19,23H,1H3,(H2,18,26,27). The number of nitrogens with one attached hydrogen (secondary N) is 1. The van der Waals surface area contributed by atoms with Crippen molar-refractivity contribution in [3.63, 3.8) is 0 Å². The first kappa shape index (κ1) is 19.2. The van der Waals surface area contributed by atoms with Crippen LogP contribution in [-0.2, 0) is 10.0 Å². The van der Waals surface area contributed by atoms with Gasteiger partial charge in [0.15, 0.2) is 0 Å². The Morgan fingerprint density at radius 3 is 2.46 bits per heavy atom. The number of benzene rings is 3. The molecule has 0 aliphatic heterocycles. The highest BCUT2D eigenvalue weighted by molar-refractivity contribution is 7.89. The van der Waals surface area contributed by atoms with Crippen LogP contribution < -0.4 is 10.5 Å². The third-order valence-corrected chi connectivity index (χ3v) is 4.90. The van der Waals surface area contributed by atoms with Crippen molar-refractivity contribution in [2.45, 2.75) is 4.90 Å². The fourth-order valence-corrected chi connectivity index (χ4v) is 3.14. The molecule has 3 rings (SSSR count). The molecule has 11 heteroatoms. The second kappa shape index (κ2) is 7.21. The zero-order valence-corrected chi connectivity index (χ0v) is 15.3. The Bertz CT molecular complexity index is 1220. The van der Waals surface area contributed by atoms with Crippen molar-refractivity contribution in [3.05, 3.63) is 58.6 Å². The molecule has 10 nitrogen and oxygen atoms in total. The molecule has 0 aliphatic carbocycles. The van der Waals surface area contributed by atoms with E-state index in [0.29, 0.717) is 22.1 Å². The molecule has 0 atom stereocenters. The zero-order valence-electron chi connectivity index (χ0n) is 14.5. The molecule has 0 saturated carbocycles. The van der Waals surface area contributed by atoms with Crippen LogP contribution in [0.2, 0.25) is 0 Å². The van der Waals surface area contributed by atoms with Crippen LogP contribution in [0.25, 0.3) is 10.8 Å². The van der Waals surface area contributed by atoms with Crippen molar-refractivity contribution in [1.82, 2.24) is 0 Å². The van der Waals surface area contributed by atoms with E-state index in [9.17, 15) is 23.6 Å². The molecule has 0 fully saturated rings. The number of nitrogens with zero attached hydrogens (tertiary/aromatic N) is 3. The van der Waals surface area contributed by atoms with Gasteiger partial charge in [0, 0.05) is 18.5 Å². The number of rotatable bonds is 5. The normalized spacial score (nSPS) is 11.8. The number of azo groups is 1. The van der Waals surface area contributed by atoms with Gasteiger partial charge in [0.2, 0.25) is 10.0 Å². The van der Waals surface area contributed by atoms with Gasteiger partial charge < -0.3 is 10.4 Å². The molecule has 28 heavy (non-hydrogen) atoms. The maximum Gasteiger partial charge on any atom is 0.273 e. The van der Waals surface area contributed by atoms with E-state index in [4.69, 9.17) is 5.14 Å². The summed E-state index contributed by atoms with van der Waals surface area (Å²) in [6.45, 7) is 0. The average molecular weight is 401 g/mol. The fourth-order valence-electron chi connectivity index (χ4n) is 2.59. The van der Waals surface area contributed by atoms with Crippen LogP contribution in [0.5, 0.6) is 5.75 Å². The number of phenolic OH excluding ortho intramolecular Hbond substituents is 1. The van der Waals surface area contributed by atoms with Crippen LogP contribution >= 0.6 is 0 Å². The Morgan fingerprint density at radius 1 is 1.11 bits per heavy atom. The minimum atomic E-state index is -3.85. The molecule has 4 N–H and O–H groups in total. The number of nitro groups is 1. The van der Waals surface area contributed by atoms with Gasteiger partial charge in [-0.2, -0.15) is 0 Å². The summed E-state index contributed by atoms with van der Waals surface area (Å²) in [6.07, 6.45) is 0. The van der Waals surface area contributed by atoms with E-state index < -0.39 is 14.9 Å². The monoisotopic (exact) mass is 401 g/mol. The molecule has 0 amide bonds. The second-order valence-electron chi connectivity index (χ2n) is 5.77. The third kappa shape index (κ3) is 3.75. The molecular formula is C17H15N5O5S. The Labute approximate surface area is 159 Å². The molecule has 3 aromatic carbocycles. The molecule has 0 bridgehead atoms. The highest BCUT2D eigenvalue weighted by Crippen LogP contribution is 2.37. The molecular weight excluding hydrogens is 386 g/mol. The number of primary sulfonamides is 1. The minimum Gasteiger partial charge on any atom is -0.505 e. The van der Waals surface area contributed by atoms with E-state index in [1.54, 1.807) is 25.2 Å². The first-order chi connectivity index (χ1) is 13.2. The van der Waals surface area contributed by atoms with Crippen LogP contribution in [0.4, 0.5) is 22.7 Å². The van der Waals surface area contributed by atoms with Crippen molar-refractivity contribution in [2.75, 3.05) is 12.4 Å². The molecule has 0 aromatic heterocycles. The molecule has 0 spiro atoms. The maximum atomic E-state index is 11.6. The Morgan fingerprint density at radius 2 is 1.86 bits per heavy atom. The first-order valence-corrected chi connectivity index (χ1v) is 9.42. The lowest BCUT2D eigenvalue weighted by atomic mass is 10.1. The lowest BCUT2D eigenvalue weighted by Crippen LogP contribution is -2.11. The third-order valence-electron chi connectivity index (χ3n) is 3.99. The van der Waals surface area contributed by atoms with Crippen LogP contribution in [-0.4, -0.2) is 25.5 Å².